The van der Waals surface area contributed by atoms with Crippen LogP contribution in [0.4, 0.5) is 0 Å². The fourth-order valence-corrected chi connectivity index (χ4v) is 0. The molecule has 0 spiro atoms. The molecule has 0 aliphatic rings. The van der Waals surface area contributed by atoms with E-state index in [1.54, 1.807) is 0 Å². The van der Waals surface area contributed by atoms with Crippen LogP contribution < -0.4 is 331 Å². The molecule has 0 radical (unpaired) electrons. The monoisotopic (exact) mass is 1800 g/mol. The first-order valence-corrected chi connectivity index (χ1v) is 24.1. The number of rotatable bonds is 0. The molecule has 0 rings (SSSR count). The Morgan fingerprint density at radius 1 is 0.238 bits per heavy atom. The van der Waals surface area contributed by atoms with Gasteiger partial charge in [0.1, 0.15) is 0 Å². The fraction of sp³-hybridized carbons (Fsp3) is 0. The van der Waals surface area contributed by atoms with Crippen molar-refractivity contribution in [3.63, 3.8) is 0 Å². The first-order chi connectivity index (χ1) is 16.4. The Balaban J connectivity index is -0.00000000936. The van der Waals surface area contributed by atoms with E-state index in [0.29, 0.717) is 0 Å². The molecule has 0 amide bonds. The average Bonchev–Trinajstić information content (AvgIpc) is 2.74. The Morgan fingerprint density at radius 2 is 0.238 bits per heavy atom. The van der Waals surface area contributed by atoms with Crippen molar-refractivity contribution < 1.29 is 475 Å². The molecule has 0 aromatic carbocycles. The summed E-state index contributed by atoms with van der Waals surface area (Å²) in [7, 11) is 0. The fourth-order valence-electron chi connectivity index (χ4n) is 0. The summed E-state index contributed by atoms with van der Waals surface area (Å²) in [5.41, 5.74) is 0. The van der Waals surface area contributed by atoms with Gasteiger partial charge in [0, 0.05) is 0 Å². The van der Waals surface area contributed by atoms with Gasteiger partial charge in [0.15, 0.2) is 0 Å². The van der Waals surface area contributed by atoms with Crippen molar-refractivity contribution in [2.24, 2.45) is 0 Å². The molecule has 36 heteroatoms. The van der Waals surface area contributed by atoms with E-state index in [2.05, 4.69) is 0 Å². The summed E-state index contributed by atoms with van der Waals surface area (Å²) >= 11 is -25.3. The average molecular weight is 1800 g/mol. The molecule has 0 saturated heterocycles. The maximum absolute atomic E-state index is 8.60. The van der Waals surface area contributed by atoms with E-state index < -0.39 is 102 Å². The van der Waals surface area contributed by atoms with E-state index in [4.69, 9.17) is 136 Å². The third kappa shape index (κ3) is 1630. The Labute approximate surface area is 529 Å². The van der Waals surface area contributed by atoms with Crippen LogP contribution in [-0.4, -0.2) is 0 Å². The minimum atomic E-state index is -4.21. The van der Waals surface area contributed by atoms with Crippen LogP contribution in [0.3, 0.4) is 0 Å². The zero-order valence-corrected chi connectivity index (χ0v) is 56.3. The second-order valence-corrected chi connectivity index (χ2v) is 9.28. The molecule has 0 aliphatic carbocycles. The van der Waals surface area contributed by atoms with E-state index in [9.17, 15) is 0 Å². The Kier molecular flexibility index (Phi) is 465. The van der Waals surface area contributed by atoms with Crippen molar-refractivity contribution in [2.45, 2.75) is 0 Å². The summed E-state index contributed by atoms with van der Waals surface area (Å²) in [6, 6.07) is 0. The minimum absolute atomic E-state index is 0. The normalized spacial score (nSPS) is 5.14. The molecular weight excluding hydrogens is 1800 g/mol. The number of hydrogen-bond donors (Lipinski definition) is 0. The van der Waals surface area contributed by atoms with E-state index in [0.717, 1.165) is 0 Å². The van der Waals surface area contributed by atoms with E-state index in [1.165, 1.54) is 0 Å². The van der Waals surface area contributed by atoms with Crippen molar-refractivity contribution >= 4 is 0 Å². The molecule has 0 aromatic rings. The van der Waals surface area contributed by atoms with E-state index in [1.807, 2.05) is 0 Å². The van der Waals surface area contributed by atoms with Gasteiger partial charge in [0.2, 0.25) is 0 Å². The van der Waals surface area contributed by atoms with Gasteiger partial charge in [0.05, 0.1) is 0 Å². The quantitative estimate of drug-likeness (QED) is 0.160. The first-order valence-electron chi connectivity index (χ1n) is 4.12. The Morgan fingerprint density at radius 3 is 0.238 bits per heavy atom. The van der Waals surface area contributed by atoms with Crippen LogP contribution in [-0.2, 0) is 144 Å². The van der Waals surface area contributed by atoms with Gasteiger partial charge >= 0.3 is 475 Å². The second kappa shape index (κ2) is 167. The summed E-state index contributed by atoms with van der Waals surface area (Å²) in [5, 5.41) is 37.5. The van der Waals surface area contributed by atoms with Gasteiger partial charge in [-0.3, -0.25) is 0 Å². The summed E-state index contributed by atoms with van der Waals surface area (Å²) in [4.78, 5) is 0. The van der Waals surface area contributed by atoms with Crippen molar-refractivity contribution in [2.75, 3.05) is 0 Å². The van der Waals surface area contributed by atoms with Crippen molar-refractivity contribution in [1.82, 2.24) is 0 Å². The molecule has 216 valence electrons. The zero-order valence-electron chi connectivity index (χ0n) is 21.3. The Hall–Kier alpha value is 8.09. The molecule has 0 heterocycles. The standard InChI is InChI=1S/6CN.6K.18O.6Re/c6*1-2;;;;;;;;;;;;;;;;;;;;;;;;;;;;;;/q6*-1;6*+1;;;;;;;;;;;;;6*-1;;;;;;. The van der Waals surface area contributed by atoms with Crippen LogP contribution in [0.2, 0.25) is 0 Å². The van der Waals surface area contributed by atoms with Crippen LogP contribution in [0, 0.1) is 71.0 Å². The van der Waals surface area contributed by atoms with Crippen LogP contribution >= 0.6 is 0 Å². The summed E-state index contributed by atoms with van der Waals surface area (Å²) in [5.74, 6) is 0. The van der Waals surface area contributed by atoms with Crippen molar-refractivity contribution in [1.29, 1.82) is 31.6 Å². The number of nitrogens with zero attached hydrogens (tertiary/aromatic N) is 6. The molecule has 0 saturated carbocycles. The van der Waals surface area contributed by atoms with Crippen LogP contribution in [0.15, 0.2) is 0 Å². The molecular formula is C6K6N6O18Re6-6. The molecule has 0 unspecified atom stereocenters. The summed E-state index contributed by atoms with van der Waals surface area (Å²) < 4.78 is 155. The first kappa shape index (κ1) is 117. The molecule has 24 nitrogen and oxygen atoms in total. The molecule has 0 atom stereocenters. The molecule has 0 bridgehead atoms. The van der Waals surface area contributed by atoms with Crippen LogP contribution in [0.1, 0.15) is 0 Å². The molecule has 42 heavy (non-hydrogen) atoms. The second-order valence-electron chi connectivity index (χ2n) is 1.13. The Bertz CT molecular complexity index is 732. The third-order valence-corrected chi connectivity index (χ3v) is 0. The summed E-state index contributed by atoms with van der Waals surface area (Å²) in [6.45, 7) is 28.5. The van der Waals surface area contributed by atoms with Gasteiger partial charge in [-0.25, -0.2) is 0 Å². The molecule has 0 fully saturated rings. The summed E-state index contributed by atoms with van der Waals surface area (Å²) in [6.07, 6.45) is 0. The van der Waals surface area contributed by atoms with Crippen molar-refractivity contribution in [3.8, 4) is 0 Å². The predicted octanol–water partition coefficient (Wildman–Crippen LogP) is -26.0. The van der Waals surface area contributed by atoms with E-state index in [-0.39, 0.29) is 308 Å². The molecule has 0 N–H and O–H groups in total. The van der Waals surface area contributed by atoms with Gasteiger partial charge in [-0.1, -0.05) is 0 Å². The maximum atomic E-state index is 8.60. The van der Waals surface area contributed by atoms with Crippen LogP contribution in [0.25, 0.3) is 0 Å². The van der Waals surface area contributed by atoms with Gasteiger partial charge in [0.25, 0.3) is 0 Å². The zero-order chi connectivity index (χ0) is 33.5. The van der Waals surface area contributed by atoms with E-state index >= 15 is 0 Å². The molecule has 0 aromatic heterocycles. The SMILES string of the molecule is [C-]#N.[C-]#N.[C-]#N.[C-]#N.[C-]#N.[C-]#N.[K+].[K+].[K+].[K+].[K+].[K+].[O]=[Re](=[O])[O-].[O]=[Re](=[O])[O-].[O]=[Re](=[O])[O-].[O]=[Re](=[O])[O-].[O]=[Re](=[O])[O-].[O]=[Re](=[O])[O-]. The van der Waals surface area contributed by atoms with Gasteiger partial charge in [-0.05, 0) is 0 Å². The van der Waals surface area contributed by atoms with Crippen molar-refractivity contribution in [3.05, 3.63) is 39.4 Å². The predicted molar refractivity (Wildman–Crippen MR) is 38.0 cm³/mol. The number of hydrogen-bond acceptors (Lipinski definition) is 24. The van der Waals surface area contributed by atoms with Gasteiger partial charge in [-0.15, -0.1) is 0 Å². The van der Waals surface area contributed by atoms with Gasteiger partial charge < -0.3 is 71.0 Å². The molecule has 0 aliphatic heterocycles. The third-order valence-electron chi connectivity index (χ3n) is 0. The topological polar surface area (TPSA) is 486 Å². The van der Waals surface area contributed by atoms with Gasteiger partial charge in [-0.2, -0.15) is 0 Å². The van der Waals surface area contributed by atoms with Crippen LogP contribution in [0.5, 0.6) is 0 Å².